The van der Waals surface area contributed by atoms with Crippen LogP contribution in [0.3, 0.4) is 0 Å². The van der Waals surface area contributed by atoms with Crippen molar-refractivity contribution < 1.29 is 9.90 Å². The number of fused-ring (bicyclic) bond motifs is 1. The third-order valence-corrected chi connectivity index (χ3v) is 2.97. The highest BCUT2D eigenvalue weighted by atomic mass is 35.5. The molecule has 0 amide bonds. The molecule has 3 nitrogen and oxygen atoms in total. The topological polar surface area (TPSA) is 40.5 Å². The molecule has 1 unspecified atom stereocenters. The van der Waals surface area contributed by atoms with Crippen molar-refractivity contribution in [2.24, 2.45) is 0 Å². The lowest BCUT2D eigenvalue weighted by atomic mass is 10.1. The number of anilines is 1. The van der Waals surface area contributed by atoms with Gasteiger partial charge in [0.2, 0.25) is 0 Å². The van der Waals surface area contributed by atoms with Gasteiger partial charge >= 0.3 is 5.97 Å². The first-order valence-corrected chi connectivity index (χ1v) is 5.31. The number of aliphatic carboxylic acids is 1. The van der Waals surface area contributed by atoms with E-state index < -0.39 is 5.97 Å². The lowest BCUT2D eigenvalue weighted by molar-refractivity contribution is -0.138. The average molecular weight is 242 g/mol. The van der Waals surface area contributed by atoms with Gasteiger partial charge in [0.15, 0.2) is 0 Å². The van der Waals surface area contributed by atoms with Crippen LogP contribution in [0.15, 0.2) is 24.3 Å². The predicted molar refractivity (Wildman–Crippen MR) is 66.5 cm³/mol. The van der Waals surface area contributed by atoms with E-state index in [9.17, 15) is 4.79 Å². The van der Waals surface area contributed by atoms with Crippen molar-refractivity contribution in [3.8, 4) is 0 Å². The Bertz CT molecular complexity index is 381. The van der Waals surface area contributed by atoms with E-state index in [1.165, 1.54) is 5.56 Å². The third kappa shape index (κ3) is 2.14. The summed E-state index contributed by atoms with van der Waals surface area (Å²) < 4.78 is 0. The van der Waals surface area contributed by atoms with Crippen LogP contribution in [0.2, 0.25) is 0 Å². The predicted octanol–water partition coefficient (Wildman–Crippen LogP) is 2.33. The molecule has 1 aromatic rings. The second-order valence-corrected chi connectivity index (χ2v) is 3.83. The molecule has 1 N–H and O–H groups in total. The molecule has 1 aliphatic rings. The van der Waals surface area contributed by atoms with E-state index in [0.29, 0.717) is 6.42 Å². The first kappa shape index (κ1) is 12.8. The van der Waals surface area contributed by atoms with E-state index in [1.807, 2.05) is 30.0 Å². The summed E-state index contributed by atoms with van der Waals surface area (Å²) in [6, 6.07) is 7.67. The highest BCUT2D eigenvalue weighted by Gasteiger charge is 2.28. The van der Waals surface area contributed by atoms with Crippen LogP contribution >= 0.6 is 12.4 Å². The molecule has 0 radical (unpaired) electrons. The molecule has 1 atom stereocenters. The highest BCUT2D eigenvalue weighted by Crippen LogP contribution is 2.29. The maximum absolute atomic E-state index is 11.1. The van der Waals surface area contributed by atoms with E-state index in [2.05, 4.69) is 6.07 Å². The van der Waals surface area contributed by atoms with Crippen LogP contribution in [0.4, 0.5) is 5.69 Å². The standard InChI is InChI=1S/C12H15NO2.ClH/c1-2-10(12(14)15)13-8-7-9-5-3-4-6-11(9)13;/h3-6,10H,2,7-8H2,1H3,(H,14,15);1H. The third-order valence-electron chi connectivity index (χ3n) is 2.97. The molecule has 1 aromatic carbocycles. The summed E-state index contributed by atoms with van der Waals surface area (Å²) in [4.78, 5) is 13.1. The number of rotatable bonds is 3. The lowest BCUT2D eigenvalue weighted by Gasteiger charge is -2.25. The molecule has 16 heavy (non-hydrogen) atoms. The number of carboxylic acids is 1. The number of nitrogens with zero attached hydrogens (tertiary/aromatic N) is 1. The largest absolute Gasteiger partial charge is 0.480 e. The minimum atomic E-state index is -0.728. The zero-order chi connectivity index (χ0) is 10.8. The summed E-state index contributed by atoms with van der Waals surface area (Å²) in [6.45, 7) is 2.74. The van der Waals surface area contributed by atoms with Crippen molar-refractivity contribution in [1.29, 1.82) is 0 Å². The molecule has 1 heterocycles. The molecule has 88 valence electrons. The Labute approximate surface area is 101 Å². The van der Waals surface area contributed by atoms with Crippen LogP contribution in [0.5, 0.6) is 0 Å². The molecule has 0 spiro atoms. The van der Waals surface area contributed by atoms with Gasteiger partial charge in [-0.2, -0.15) is 0 Å². The summed E-state index contributed by atoms with van der Waals surface area (Å²) >= 11 is 0. The van der Waals surface area contributed by atoms with Crippen LogP contribution in [0.1, 0.15) is 18.9 Å². The first-order chi connectivity index (χ1) is 7.24. The summed E-state index contributed by atoms with van der Waals surface area (Å²) in [5.41, 5.74) is 2.35. The molecule has 4 heteroatoms. The van der Waals surface area contributed by atoms with Crippen molar-refractivity contribution in [2.45, 2.75) is 25.8 Å². The Morgan fingerprint density at radius 2 is 2.19 bits per heavy atom. The number of carboxylic acid groups (broad SMARTS) is 1. The number of hydrogen-bond acceptors (Lipinski definition) is 2. The van der Waals surface area contributed by atoms with E-state index in [-0.39, 0.29) is 18.4 Å². The van der Waals surface area contributed by atoms with E-state index in [0.717, 1.165) is 18.7 Å². The summed E-state index contributed by atoms with van der Waals surface area (Å²) in [5, 5.41) is 9.12. The monoisotopic (exact) mass is 241 g/mol. The maximum atomic E-state index is 11.1. The van der Waals surface area contributed by atoms with Gasteiger partial charge in [0.1, 0.15) is 6.04 Å². The van der Waals surface area contributed by atoms with Gasteiger partial charge in [-0.3, -0.25) is 0 Å². The fourth-order valence-corrected chi connectivity index (χ4v) is 2.22. The van der Waals surface area contributed by atoms with Crippen molar-refractivity contribution in [3.05, 3.63) is 29.8 Å². The quantitative estimate of drug-likeness (QED) is 0.883. The minimum absolute atomic E-state index is 0. The molecule has 0 saturated carbocycles. The van der Waals surface area contributed by atoms with Gasteiger partial charge in [-0.1, -0.05) is 25.1 Å². The van der Waals surface area contributed by atoms with Gasteiger partial charge in [-0.15, -0.1) is 12.4 Å². The lowest BCUT2D eigenvalue weighted by Crippen LogP contribution is -2.39. The Balaban J connectivity index is 0.00000128. The fourth-order valence-electron chi connectivity index (χ4n) is 2.22. The van der Waals surface area contributed by atoms with E-state index in [1.54, 1.807) is 0 Å². The number of benzene rings is 1. The number of para-hydroxylation sites is 1. The molecule has 0 saturated heterocycles. The normalized spacial score (nSPS) is 15.2. The zero-order valence-corrected chi connectivity index (χ0v) is 10.0. The Morgan fingerprint density at radius 3 is 2.81 bits per heavy atom. The average Bonchev–Trinajstić information content (AvgIpc) is 2.63. The molecule has 0 aromatic heterocycles. The van der Waals surface area contributed by atoms with Crippen LogP contribution in [-0.4, -0.2) is 23.7 Å². The molecule has 1 aliphatic heterocycles. The first-order valence-electron chi connectivity index (χ1n) is 5.31. The van der Waals surface area contributed by atoms with Gasteiger partial charge in [0.05, 0.1) is 0 Å². The molecule has 0 aliphatic carbocycles. The summed E-state index contributed by atoms with van der Waals surface area (Å²) in [5.74, 6) is -0.728. The Kier molecular flexibility index (Phi) is 4.19. The highest BCUT2D eigenvalue weighted by molar-refractivity contribution is 5.85. The smallest absolute Gasteiger partial charge is 0.326 e. The van der Waals surface area contributed by atoms with E-state index in [4.69, 9.17) is 5.11 Å². The second kappa shape index (κ2) is 5.21. The summed E-state index contributed by atoms with van der Waals surface area (Å²) in [6.07, 6.45) is 1.60. The molecule has 2 rings (SSSR count). The van der Waals surface area contributed by atoms with Gasteiger partial charge < -0.3 is 10.0 Å². The molecule has 0 fully saturated rings. The zero-order valence-electron chi connectivity index (χ0n) is 9.22. The molecular formula is C12H16ClNO2. The van der Waals surface area contributed by atoms with Gasteiger partial charge in [-0.25, -0.2) is 4.79 Å². The summed E-state index contributed by atoms with van der Waals surface area (Å²) in [7, 11) is 0. The second-order valence-electron chi connectivity index (χ2n) is 3.83. The minimum Gasteiger partial charge on any atom is -0.480 e. The number of carbonyl (C=O) groups is 1. The maximum Gasteiger partial charge on any atom is 0.326 e. The Hall–Kier alpha value is -1.22. The van der Waals surface area contributed by atoms with Crippen molar-refractivity contribution >= 4 is 24.1 Å². The Morgan fingerprint density at radius 1 is 1.50 bits per heavy atom. The van der Waals surface area contributed by atoms with E-state index >= 15 is 0 Å². The van der Waals surface area contributed by atoms with Crippen LogP contribution in [0.25, 0.3) is 0 Å². The van der Waals surface area contributed by atoms with Crippen molar-refractivity contribution in [3.63, 3.8) is 0 Å². The van der Waals surface area contributed by atoms with Gasteiger partial charge in [0.25, 0.3) is 0 Å². The van der Waals surface area contributed by atoms with Crippen LogP contribution in [-0.2, 0) is 11.2 Å². The molecular weight excluding hydrogens is 226 g/mol. The van der Waals surface area contributed by atoms with Crippen LogP contribution < -0.4 is 4.90 Å². The molecule has 0 bridgehead atoms. The van der Waals surface area contributed by atoms with Gasteiger partial charge in [-0.05, 0) is 24.5 Å². The fraction of sp³-hybridized carbons (Fsp3) is 0.417. The number of hydrogen-bond donors (Lipinski definition) is 1. The van der Waals surface area contributed by atoms with Crippen molar-refractivity contribution in [2.75, 3.05) is 11.4 Å². The van der Waals surface area contributed by atoms with Gasteiger partial charge in [0, 0.05) is 12.2 Å². The van der Waals surface area contributed by atoms with Crippen molar-refractivity contribution in [1.82, 2.24) is 0 Å². The number of halogens is 1. The van der Waals surface area contributed by atoms with Crippen LogP contribution in [0, 0.1) is 0 Å². The SMILES string of the molecule is CCC(C(=O)O)N1CCc2ccccc21.Cl.